The summed E-state index contributed by atoms with van der Waals surface area (Å²) in [6.07, 6.45) is 1.48. The number of hydrogen-bond acceptors (Lipinski definition) is 4. The van der Waals surface area contributed by atoms with E-state index in [9.17, 15) is 13.2 Å². The first kappa shape index (κ1) is 15.8. The van der Waals surface area contributed by atoms with Crippen molar-refractivity contribution in [2.75, 3.05) is 18.1 Å². The third kappa shape index (κ3) is 5.04. The Balaban J connectivity index is 1.65. The third-order valence-corrected chi connectivity index (χ3v) is 5.26. The normalized spacial score (nSPS) is 20.1. The van der Waals surface area contributed by atoms with Crippen LogP contribution in [0.3, 0.4) is 0 Å². The molecule has 1 aliphatic heterocycles. The quantitative estimate of drug-likeness (QED) is 0.807. The molecule has 1 amide bonds. The molecule has 1 aromatic carbocycles. The zero-order valence-corrected chi connectivity index (χ0v) is 13.0. The van der Waals surface area contributed by atoms with Crippen molar-refractivity contribution >= 4 is 15.7 Å². The monoisotopic (exact) mass is 311 g/mol. The molecule has 21 heavy (non-hydrogen) atoms. The molecule has 0 radical (unpaired) electrons. The highest BCUT2D eigenvalue weighted by Gasteiger charge is 2.28. The van der Waals surface area contributed by atoms with Gasteiger partial charge in [-0.3, -0.25) is 4.79 Å². The molecule has 1 fully saturated rings. The van der Waals surface area contributed by atoms with Gasteiger partial charge in [-0.05, 0) is 31.4 Å². The molecule has 0 bridgehead atoms. The van der Waals surface area contributed by atoms with Crippen molar-refractivity contribution in [3.63, 3.8) is 0 Å². The van der Waals surface area contributed by atoms with Gasteiger partial charge in [-0.25, -0.2) is 8.42 Å². The van der Waals surface area contributed by atoms with E-state index in [-0.39, 0.29) is 23.5 Å². The van der Waals surface area contributed by atoms with E-state index in [1.807, 2.05) is 31.2 Å². The molecule has 1 N–H and O–H groups in total. The lowest BCUT2D eigenvalue weighted by molar-refractivity contribution is -0.121. The first-order valence-electron chi connectivity index (χ1n) is 7.14. The predicted molar refractivity (Wildman–Crippen MR) is 81.1 cm³/mol. The summed E-state index contributed by atoms with van der Waals surface area (Å²) in [6, 6.07) is 7.52. The standard InChI is InChI=1S/C15H21NO4S/c1-12-5-2-3-6-14(12)20-9-4-7-15(17)16-13-8-10-21(18,19)11-13/h2-3,5-6,13H,4,7-11H2,1H3,(H,16,17)/t13-/m1/s1. The molecule has 0 unspecified atom stereocenters. The van der Waals surface area contributed by atoms with Crippen LogP contribution in [0.25, 0.3) is 0 Å². The molecule has 6 heteroatoms. The number of carbonyl (C=O) groups is 1. The van der Waals surface area contributed by atoms with Crippen LogP contribution in [-0.2, 0) is 14.6 Å². The van der Waals surface area contributed by atoms with Gasteiger partial charge >= 0.3 is 0 Å². The lowest BCUT2D eigenvalue weighted by Gasteiger charge is -2.11. The highest BCUT2D eigenvalue weighted by Crippen LogP contribution is 2.16. The van der Waals surface area contributed by atoms with Gasteiger partial charge in [-0.2, -0.15) is 0 Å². The summed E-state index contributed by atoms with van der Waals surface area (Å²) < 4.78 is 28.2. The van der Waals surface area contributed by atoms with Crippen LogP contribution < -0.4 is 10.1 Å². The number of sulfone groups is 1. The second kappa shape index (κ2) is 6.93. The van der Waals surface area contributed by atoms with Crippen molar-refractivity contribution in [3.8, 4) is 5.75 Å². The smallest absolute Gasteiger partial charge is 0.220 e. The van der Waals surface area contributed by atoms with Crippen molar-refractivity contribution < 1.29 is 17.9 Å². The number of nitrogens with one attached hydrogen (secondary N) is 1. The molecule has 5 nitrogen and oxygen atoms in total. The van der Waals surface area contributed by atoms with E-state index in [0.717, 1.165) is 11.3 Å². The number of ether oxygens (including phenoxy) is 1. The Labute approximate surface area is 125 Å². The Bertz CT molecular complexity index is 597. The number of rotatable bonds is 6. The van der Waals surface area contributed by atoms with E-state index in [1.165, 1.54) is 0 Å². The Morgan fingerprint density at radius 2 is 2.14 bits per heavy atom. The molecular weight excluding hydrogens is 290 g/mol. The summed E-state index contributed by atoms with van der Waals surface area (Å²) in [4.78, 5) is 11.7. The molecule has 0 spiro atoms. The van der Waals surface area contributed by atoms with Gasteiger partial charge in [0, 0.05) is 12.5 Å². The second-order valence-corrected chi connectivity index (χ2v) is 7.61. The maximum absolute atomic E-state index is 11.7. The molecule has 1 aromatic rings. The van der Waals surface area contributed by atoms with Crippen LogP contribution in [-0.4, -0.2) is 38.5 Å². The van der Waals surface area contributed by atoms with Crippen molar-refractivity contribution in [3.05, 3.63) is 29.8 Å². The van der Waals surface area contributed by atoms with Crippen molar-refractivity contribution in [1.29, 1.82) is 0 Å². The van der Waals surface area contributed by atoms with Crippen molar-refractivity contribution in [2.45, 2.75) is 32.2 Å². The van der Waals surface area contributed by atoms with Gasteiger partial charge in [-0.1, -0.05) is 18.2 Å². The minimum atomic E-state index is -2.95. The summed E-state index contributed by atoms with van der Waals surface area (Å²) >= 11 is 0. The highest BCUT2D eigenvalue weighted by molar-refractivity contribution is 7.91. The maximum Gasteiger partial charge on any atom is 0.220 e. The van der Waals surface area contributed by atoms with Gasteiger partial charge in [0.2, 0.25) is 5.91 Å². The number of amides is 1. The average Bonchev–Trinajstić information content (AvgIpc) is 2.76. The third-order valence-electron chi connectivity index (χ3n) is 3.50. The van der Waals surface area contributed by atoms with Crippen molar-refractivity contribution in [1.82, 2.24) is 5.32 Å². The highest BCUT2D eigenvalue weighted by atomic mass is 32.2. The van der Waals surface area contributed by atoms with Crippen molar-refractivity contribution in [2.24, 2.45) is 0 Å². The number of para-hydroxylation sites is 1. The molecule has 1 aliphatic rings. The fraction of sp³-hybridized carbons (Fsp3) is 0.533. The molecule has 0 saturated carbocycles. The Hall–Kier alpha value is -1.56. The second-order valence-electron chi connectivity index (χ2n) is 5.38. The summed E-state index contributed by atoms with van der Waals surface area (Å²) in [5.41, 5.74) is 1.07. The topological polar surface area (TPSA) is 72.5 Å². The van der Waals surface area contributed by atoms with Crippen LogP contribution >= 0.6 is 0 Å². The van der Waals surface area contributed by atoms with Crippen LogP contribution in [0.4, 0.5) is 0 Å². The van der Waals surface area contributed by atoms with Gasteiger partial charge in [0.1, 0.15) is 5.75 Å². The number of benzene rings is 1. The summed E-state index contributed by atoms with van der Waals surface area (Å²) in [5, 5.41) is 2.77. The van der Waals surface area contributed by atoms with Crippen LogP contribution in [0, 0.1) is 6.92 Å². The molecular formula is C15H21NO4S. The molecule has 0 aromatic heterocycles. The first-order valence-corrected chi connectivity index (χ1v) is 8.97. The molecule has 1 heterocycles. The van der Waals surface area contributed by atoms with Crippen LogP contribution in [0.2, 0.25) is 0 Å². The maximum atomic E-state index is 11.7. The number of aryl methyl sites for hydroxylation is 1. The number of hydrogen-bond donors (Lipinski definition) is 1. The van der Waals surface area contributed by atoms with Crippen LogP contribution in [0.1, 0.15) is 24.8 Å². The van der Waals surface area contributed by atoms with E-state index < -0.39 is 9.84 Å². The molecule has 1 atom stereocenters. The minimum Gasteiger partial charge on any atom is -0.493 e. The van der Waals surface area contributed by atoms with Gasteiger partial charge < -0.3 is 10.1 Å². The molecule has 116 valence electrons. The zero-order valence-electron chi connectivity index (χ0n) is 12.2. The lowest BCUT2D eigenvalue weighted by Crippen LogP contribution is -2.35. The van der Waals surface area contributed by atoms with Gasteiger partial charge in [-0.15, -0.1) is 0 Å². The van der Waals surface area contributed by atoms with Gasteiger partial charge in [0.25, 0.3) is 0 Å². The lowest BCUT2D eigenvalue weighted by atomic mass is 10.2. The fourth-order valence-corrected chi connectivity index (χ4v) is 4.02. The molecule has 1 saturated heterocycles. The predicted octanol–water partition coefficient (Wildman–Crippen LogP) is 1.46. The fourth-order valence-electron chi connectivity index (χ4n) is 2.34. The largest absolute Gasteiger partial charge is 0.493 e. The van der Waals surface area contributed by atoms with E-state index in [2.05, 4.69) is 5.32 Å². The SMILES string of the molecule is Cc1ccccc1OCCCC(=O)N[C@@H]1CCS(=O)(=O)C1. The zero-order chi connectivity index (χ0) is 15.3. The van der Waals surface area contributed by atoms with E-state index in [1.54, 1.807) is 0 Å². The van der Waals surface area contributed by atoms with E-state index >= 15 is 0 Å². The first-order chi connectivity index (χ1) is 9.96. The van der Waals surface area contributed by atoms with Crippen LogP contribution in [0.15, 0.2) is 24.3 Å². The molecule has 0 aliphatic carbocycles. The summed E-state index contributed by atoms with van der Waals surface area (Å²) in [6.45, 7) is 2.45. The van der Waals surface area contributed by atoms with Gasteiger partial charge in [0.15, 0.2) is 9.84 Å². The average molecular weight is 311 g/mol. The summed E-state index contributed by atoms with van der Waals surface area (Å²) in [7, 11) is -2.95. The number of carbonyl (C=O) groups excluding carboxylic acids is 1. The Morgan fingerprint density at radius 3 is 2.81 bits per heavy atom. The van der Waals surface area contributed by atoms with Gasteiger partial charge in [0.05, 0.1) is 18.1 Å². The Morgan fingerprint density at radius 1 is 1.38 bits per heavy atom. The summed E-state index contributed by atoms with van der Waals surface area (Å²) in [5.74, 6) is 0.970. The van der Waals surface area contributed by atoms with E-state index in [4.69, 9.17) is 4.74 Å². The van der Waals surface area contributed by atoms with E-state index in [0.29, 0.717) is 25.9 Å². The van der Waals surface area contributed by atoms with Crippen LogP contribution in [0.5, 0.6) is 5.75 Å². The minimum absolute atomic E-state index is 0.0679. The molecule has 2 rings (SSSR count). The Kier molecular flexibility index (Phi) is 5.22.